The van der Waals surface area contributed by atoms with Gasteiger partial charge in [-0.25, -0.2) is 0 Å². The summed E-state index contributed by atoms with van der Waals surface area (Å²) in [7, 11) is 3.39. The average molecular weight is 374 g/mol. The predicted molar refractivity (Wildman–Crippen MR) is 98.2 cm³/mol. The van der Waals surface area contributed by atoms with Gasteiger partial charge in [-0.05, 0) is 31.0 Å². The van der Waals surface area contributed by atoms with Gasteiger partial charge in [0.15, 0.2) is 0 Å². The van der Waals surface area contributed by atoms with Gasteiger partial charge < -0.3 is 9.64 Å². The first-order chi connectivity index (χ1) is 12.8. The Kier molecular flexibility index (Phi) is 5.43. The van der Waals surface area contributed by atoms with E-state index in [1.54, 1.807) is 31.2 Å². The summed E-state index contributed by atoms with van der Waals surface area (Å²) in [5, 5.41) is 8.99. The average Bonchev–Trinajstić information content (AvgIpc) is 3.20. The van der Waals surface area contributed by atoms with Crippen LogP contribution in [0.2, 0.25) is 0 Å². The number of alkyl halides is 3. The predicted octanol–water partition coefficient (Wildman–Crippen LogP) is 4.86. The van der Waals surface area contributed by atoms with E-state index >= 15 is 0 Å². The summed E-state index contributed by atoms with van der Waals surface area (Å²) in [6.07, 6.45) is 7.34. The fraction of sp³-hybridized carbons (Fsp3) is 0.381. The standard InChI is InChI=1S/C21H21F3N2O/c1-26(17-9-7-16(13-25)18(12-17)21(22,23)24)19-11-15(8-10-20(19)27-2)14-5-3-4-6-14/h3-7,9,11-12,14,19-20H,8,10H2,1-2H3/t19-,20-/m1/s1. The highest BCUT2D eigenvalue weighted by molar-refractivity contribution is 5.56. The molecule has 142 valence electrons. The van der Waals surface area contributed by atoms with Crippen LogP contribution in [-0.4, -0.2) is 26.3 Å². The highest BCUT2D eigenvalue weighted by Crippen LogP contribution is 2.37. The van der Waals surface area contributed by atoms with Crippen molar-refractivity contribution >= 4 is 5.69 Å². The molecular formula is C21H21F3N2O. The Morgan fingerprint density at radius 3 is 2.52 bits per heavy atom. The van der Waals surface area contributed by atoms with Crippen LogP contribution < -0.4 is 4.90 Å². The molecule has 0 fully saturated rings. The zero-order valence-electron chi connectivity index (χ0n) is 15.2. The molecule has 1 aromatic rings. The van der Waals surface area contributed by atoms with Crippen LogP contribution in [0.4, 0.5) is 18.9 Å². The third kappa shape index (κ3) is 3.93. The van der Waals surface area contributed by atoms with Crippen molar-refractivity contribution in [2.24, 2.45) is 5.92 Å². The van der Waals surface area contributed by atoms with Gasteiger partial charge in [-0.3, -0.25) is 0 Å². The van der Waals surface area contributed by atoms with E-state index in [0.29, 0.717) is 5.69 Å². The molecule has 0 bridgehead atoms. The molecule has 0 aliphatic heterocycles. The van der Waals surface area contributed by atoms with Crippen LogP contribution in [0.15, 0.2) is 54.2 Å². The Morgan fingerprint density at radius 1 is 1.22 bits per heavy atom. The molecule has 6 heteroatoms. The summed E-state index contributed by atoms with van der Waals surface area (Å²) in [5.41, 5.74) is 0.368. The molecule has 2 atom stereocenters. The second kappa shape index (κ2) is 7.61. The number of ether oxygens (including phenoxy) is 1. The number of rotatable bonds is 4. The minimum atomic E-state index is -4.57. The minimum Gasteiger partial charge on any atom is -0.379 e. The summed E-state index contributed by atoms with van der Waals surface area (Å²) in [6, 6.07) is 5.26. The van der Waals surface area contributed by atoms with Gasteiger partial charge >= 0.3 is 6.18 Å². The number of benzene rings is 1. The summed E-state index contributed by atoms with van der Waals surface area (Å²) in [6.45, 7) is 0. The lowest BCUT2D eigenvalue weighted by Crippen LogP contribution is -2.43. The van der Waals surface area contributed by atoms with Gasteiger partial charge in [-0.15, -0.1) is 0 Å². The van der Waals surface area contributed by atoms with E-state index in [9.17, 15) is 13.2 Å². The zero-order valence-corrected chi connectivity index (χ0v) is 15.2. The fourth-order valence-corrected chi connectivity index (χ4v) is 3.72. The van der Waals surface area contributed by atoms with E-state index in [-0.39, 0.29) is 23.6 Å². The normalized spacial score (nSPS) is 22.6. The van der Waals surface area contributed by atoms with E-state index < -0.39 is 11.7 Å². The Labute approximate surface area is 157 Å². The van der Waals surface area contributed by atoms with Gasteiger partial charge in [0, 0.05) is 25.8 Å². The number of hydrogen-bond donors (Lipinski definition) is 0. The van der Waals surface area contributed by atoms with Gasteiger partial charge in [-0.2, -0.15) is 18.4 Å². The third-order valence-corrected chi connectivity index (χ3v) is 5.25. The van der Waals surface area contributed by atoms with E-state index in [2.05, 4.69) is 18.2 Å². The number of methoxy groups -OCH3 is 1. The van der Waals surface area contributed by atoms with Crippen LogP contribution in [0.5, 0.6) is 0 Å². The Balaban J connectivity index is 1.96. The highest BCUT2D eigenvalue weighted by Gasteiger charge is 2.35. The molecule has 0 spiro atoms. The molecule has 0 saturated heterocycles. The van der Waals surface area contributed by atoms with E-state index in [0.717, 1.165) is 18.9 Å². The second-order valence-electron chi connectivity index (χ2n) is 6.79. The van der Waals surface area contributed by atoms with Crippen LogP contribution >= 0.6 is 0 Å². The van der Waals surface area contributed by atoms with Gasteiger partial charge in [0.05, 0.1) is 29.3 Å². The zero-order chi connectivity index (χ0) is 19.6. The SMILES string of the molecule is CO[C@@H]1CCC(C2C=CC=C2)=C[C@H]1N(C)c1ccc(C#N)c(C(F)(F)F)c1. The van der Waals surface area contributed by atoms with Crippen molar-refractivity contribution in [3.05, 3.63) is 65.3 Å². The highest BCUT2D eigenvalue weighted by atomic mass is 19.4. The van der Waals surface area contributed by atoms with Crippen molar-refractivity contribution in [2.45, 2.75) is 31.2 Å². The number of anilines is 1. The molecule has 0 radical (unpaired) electrons. The van der Waals surface area contributed by atoms with E-state index in [4.69, 9.17) is 10.00 Å². The first kappa shape index (κ1) is 19.2. The first-order valence-electron chi connectivity index (χ1n) is 8.77. The first-order valence-corrected chi connectivity index (χ1v) is 8.77. The molecular weight excluding hydrogens is 353 g/mol. The molecule has 3 nitrogen and oxygen atoms in total. The fourth-order valence-electron chi connectivity index (χ4n) is 3.72. The Hall–Kier alpha value is -2.52. The number of allylic oxidation sites excluding steroid dienone is 5. The lowest BCUT2D eigenvalue weighted by Gasteiger charge is -2.38. The Morgan fingerprint density at radius 2 is 1.93 bits per heavy atom. The molecule has 0 amide bonds. The van der Waals surface area contributed by atoms with Crippen LogP contribution in [-0.2, 0) is 10.9 Å². The number of hydrogen-bond acceptors (Lipinski definition) is 3. The quantitative estimate of drug-likeness (QED) is 0.706. The van der Waals surface area contributed by atoms with Gasteiger partial charge in [0.1, 0.15) is 0 Å². The topological polar surface area (TPSA) is 36.3 Å². The van der Waals surface area contributed by atoms with Crippen molar-refractivity contribution in [2.75, 3.05) is 19.1 Å². The lowest BCUT2D eigenvalue weighted by molar-refractivity contribution is -0.137. The molecule has 0 heterocycles. The van der Waals surface area contributed by atoms with Crippen LogP contribution in [0.25, 0.3) is 0 Å². The van der Waals surface area contributed by atoms with Gasteiger partial charge in [0.2, 0.25) is 0 Å². The molecule has 2 aliphatic rings. The van der Waals surface area contributed by atoms with Gasteiger partial charge in [-0.1, -0.05) is 36.0 Å². The monoisotopic (exact) mass is 374 g/mol. The van der Waals surface area contributed by atoms with Crippen LogP contribution in [0, 0.1) is 17.2 Å². The molecule has 0 aromatic heterocycles. The van der Waals surface area contributed by atoms with E-state index in [1.165, 1.54) is 11.6 Å². The van der Waals surface area contributed by atoms with Crippen molar-refractivity contribution in [1.82, 2.24) is 0 Å². The van der Waals surface area contributed by atoms with Crippen molar-refractivity contribution in [3.63, 3.8) is 0 Å². The van der Waals surface area contributed by atoms with Crippen molar-refractivity contribution in [3.8, 4) is 6.07 Å². The van der Waals surface area contributed by atoms with Crippen molar-refractivity contribution in [1.29, 1.82) is 5.26 Å². The molecule has 0 saturated carbocycles. The molecule has 0 unspecified atom stereocenters. The minimum absolute atomic E-state index is 0.113. The smallest absolute Gasteiger partial charge is 0.379 e. The summed E-state index contributed by atoms with van der Waals surface area (Å²) in [5.74, 6) is 0.241. The maximum atomic E-state index is 13.3. The molecule has 1 aromatic carbocycles. The number of nitriles is 1. The maximum Gasteiger partial charge on any atom is 0.417 e. The summed E-state index contributed by atoms with van der Waals surface area (Å²) in [4.78, 5) is 1.80. The van der Waals surface area contributed by atoms with Crippen LogP contribution in [0.3, 0.4) is 0 Å². The molecule has 27 heavy (non-hydrogen) atoms. The summed E-state index contributed by atoms with van der Waals surface area (Å²) >= 11 is 0. The van der Waals surface area contributed by atoms with Gasteiger partial charge in [0.25, 0.3) is 0 Å². The lowest BCUT2D eigenvalue weighted by atomic mass is 9.85. The van der Waals surface area contributed by atoms with Crippen molar-refractivity contribution < 1.29 is 17.9 Å². The maximum absolute atomic E-state index is 13.3. The largest absolute Gasteiger partial charge is 0.417 e. The molecule has 3 rings (SSSR count). The summed E-state index contributed by atoms with van der Waals surface area (Å²) < 4.78 is 45.5. The number of likely N-dealkylation sites (N-methyl/N-ethyl adjacent to an activating group) is 1. The van der Waals surface area contributed by atoms with E-state index in [1.807, 2.05) is 12.2 Å². The molecule has 2 aliphatic carbocycles. The van der Waals surface area contributed by atoms with Crippen LogP contribution in [0.1, 0.15) is 24.0 Å². The second-order valence-corrected chi connectivity index (χ2v) is 6.79. The third-order valence-electron chi connectivity index (χ3n) is 5.25. The molecule has 0 N–H and O–H groups in total. The Bertz CT molecular complexity index is 821. The number of halogens is 3. The number of nitrogens with zero attached hydrogens (tertiary/aromatic N) is 2.